The van der Waals surface area contributed by atoms with Crippen molar-refractivity contribution in [1.82, 2.24) is 9.88 Å². The molecule has 1 aromatic rings. The Bertz CT molecular complexity index is 626. The van der Waals surface area contributed by atoms with Crippen LogP contribution in [0.5, 0.6) is 0 Å². The summed E-state index contributed by atoms with van der Waals surface area (Å²) in [7, 11) is -3.17. The van der Waals surface area contributed by atoms with E-state index in [0.717, 1.165) is 16.3 Å². The summed E-state index contributed by atoms with van der Waals surface area (Å²) in [6, 6.07) is 1.82. The van der Waals surface area contributed by atoms with Gasteiger partial charge in [-0.2, -0.15) is 0 Å². The highest BCUT2D eigenvalue weighted by Crippen LogP contribution is 2.15. The van der Waals surface area contributed by atoms with Gasteiger partial charge in [-0.15, -0.1) is 0 Å². The van der Waals surface area contributed by atoms with Crippen molar-refractivity contribution in [2.75, 3.05) is 18.6 Å². The molecule has 0 saturated carbocycles. The molecule has 0 fully saturated rings. The summed E-state index contributed by atoms with van der Waals surface area (Å²) in [4.78, 5) is 17.6. The van der Waals surface area contributed by atoms with Gasteiger partial charge in [0.15, 0.2) is 0 Å². The summed E-state index contributed by atoms with van der Waals surface area (Å²) in [6.45, 7) is 5.60. The van der Waals surface area contributed by atoms with Crippen LogP contribution in [-0.4, -0.2) is 48.5 Å². The van der Waals surface area contributed by atoms with Gasteiger partial charge in [-0.3, -0.25) is 4.98 Å². The van der Waals surface area contributed by atoms with Gasteiger partial charge in [0.1, 0.15) is 15.4 Å². The summed E-state index contributed by atoms with van der Waals surface area (Å²) in [5.41, 5.74) is 0.143. The molecule has 0 N–H and O–H groups in total. The Morgan fingerprint density at radius 1 is 1.36 bits per heavy atom. The molecule has 0 spiro atoms. The van der Waals surface area contributed by atoms with E-state index in [0.29, 0.717) is 0 Å². The third-order valence-corrected chi connectivity index (χ3v) is 3.88. The van der Waals surface area contributed by atoms with Crippen LogP contribution in [0.25, 0.3) is 0 Å². The molecule has 0 aliphatic rings. The third-order valence-electron chi connectivity index (χ3n) is 2.52. The van der Waals surface area contributed by atoms with Crippen molar-refractivity contribution >= 4 is 31.9 Å². The van der Waals surface area contributed by atoms with E-state index >= 15 is 0 Å². The smallest absolute Gasteiger partial charge is 0.410 e. The molecule has 8 heteroatoms. The minimum atomic E-state index is -3.17. The molecule has 0 atom stereocenters. The first-order valence-corrected chi connectivity index (χ1v) is 9.57. The number of halogens is 1. The zero-order chi connectivity index (χ0) is 17.0. The SMILES string of the molecule is CC(C)(C)OC(=O)N(CCS(C)(=O)=O)Cc1cncc(Br)c1. The quantitative estimate of drug-likeness (QED) is 0.769. The van der Waals surface area contributed by atoms with Crippen molar-refractivity contribution in [3.05, 3.63) is 28.5 Å². The zero-order valence-electron chi connectivity index (χ0n) is 13.2. The molecule has 0 radical (unpaired) electrons. The Labute approximate surface area is 139 Å². The molecular weight excluding hydrogens is 372 g/mol. The van der Waals surface area contributed by atoms with E-state index < -0.39 is 21.5 Å². The highest BCUT2D eigenvalue weighted by molar-refractivity contribution is 9.10. The summed E-state index contributed by atoms with van der Waals surface area (Å²) in [6.07, 6.45) is 3.86. The van der Waals surface area contributed by atoms with Crippen molar-refractivity contribution < 1.29 is 17.9 Å². The molecule has 1 aromatic heterocycles. The average molecular weight is 393 g/mol. The summed E-state index contributed by atoms with van der Waals surface area (Å²) in [5.74, 6) is -0.117. The maximum absolute atomic E-state index is 12.2. The lowest BCUT2D eigenvalue weighted by atomic mass is 10.2. The van der Waals surface area contributed by atoms with E-state index in [4.69, 9.17) is 4.74 Å². The lowest BCUT2D eigenvalue weighted by Crippen LogP contribution is -2.39. The minimum absolute atomic E-state index is 0.0697. The van der Waals surface area contributed by atoms with Gasteiger partial charge < -0.3 is 9.64 Å². The van der Waals surface area contributed by atoms with Crippen LogP contribution >= 0.6 is 15.9 Å². The van der Waals surface area contributed by atoms with E-state index in [-0.39, 0.29) is 18.8 Å². The second kappa shape index (κ2) is 7.41. The molecule has 0 saturated heterocycles. The second-order valence-electron chi connectivity index (χ2n) is 6.04. The lowest BCUT2D eigenvalue weighted by Gasteiger charge is -2.27. The van der Waals surface area contributed by atoms with E-state index in [2.05, 4.69) is 20.9 Å². The number of sulfone groups is 1. The molecule has 6 nitrogen and oxygen atoms in total. The van der Waals surface area contributed by atoms with Crippen molar-refractivity contribution in [3.8, 4) is 0 Å². The molecule has 124 valence electrons. The molecule has 1 heterocycles. The molecule has 1 amide bonds. The molecule has 1 rings (SSSR count). The minimum Gasteiger partial charge on any atom is -0.444 e. The fraction of sp³-hybridized carbons (Fsp3) is 0.571. The fourth-order valence-corrected chi connectivity index (χ4v) is 2.56. The second-order valence-corrected chi connectivity index (χ2v) is 9.22. The number of nitrogens with zero attached hydrogens (tertiary/aromatic N) is 2. The fourth-order valence-electron chi connectivity index (χ4n) is 1.60. The number of hydrogen-bond acceptors (Lipinski definition) is 5. The first kappa shape index (κ1) is 18.9. The average Bonchev–Trinajstić information content (AvgIpc) is 2.31. The molecule has 0 bridgehead atoms. The van der Waals surface area contributed by atoms with Gasteiger partial charge in [0.25, 0.3) is 0 Å². The van der Waals surface area contributed by atoms with Crippen LogP contribution in [0.2, 0.25) is 0 Å². The van der Waals surface area contributed by atoms with Gasteiger partial charge in [0.2, 0.25) is 0 Å². The largest absolute Gasteiger partial charge is 0.444 e. The van der Waals surface area contributed by atoms with Gasteiger partial charge in [0.05, 0.1) is 12.3 Å². The summed E-state index contributed by atoms with van der Waals surface area (Å²) >= 11 is 3.32. The number of hydrogen-bond donors (Lipinski definition) is 0. The zero-order valence-corrected chi connectivity index (χ0v) is 15.6. The van der Waals surface area contributed by atoms with Crippen LogP contribution in [0, 0.1) is 0 Å². The van der Waals surface area contributed by atoms with Crippen molar-refractivity contribution in [2.45, 2.75) is 32.9 Å². The van der Waals surface area contributed by atoms with E-state index in [1.165, 1.54) is 4.90 Å². The number of rotatable bonds is 5. The van der Waals surface area contributed by atoms with E-state index in [1.807, 2.05) is 6.07 Å². The van der Waals surface area contributed by atoms with Gasteiger partial charge >= 0.3 is 6.09 Å². The number of pyridine rings is 1. The van der Waals surface area contributed by atoms with Crippen LogP contribution in [0.1, 0.15) is 26.3 Å². The first-order valence-electron chi connectivity index (χ1n) is 6.71. The normalized spacial score (nSPS) is 12.0. The maximum atomic E-state index is 12.2. The standard InChI is InChI=1S/C14H21BrN2O4S/c1-14(2,3)21-13(18)17(5-6-22(4,19)20)10-11-7-12(15)9-16-8-11/h7-9H,5-6,10H2,1-4H3. The van der Waals surface area contributed by atoms with Crippen molar-refractivity contribution in [1.29, 1.82) is 0 Å². The molecular formula is C14H21BrN2O4S. The van der Waals surface area contributed by atoms with Crippen LogP contribution in [0.4, 0.5) is 4.79 Å². The third kappa shape index (κ3) is 7.74. The summed E-state index contributed by atoms with van der Waals surface area (Å²) in [5, 5.41) is 0. The Morgan fingerprint density at radius 2 is 2.00 bits per heavy atom. The number of carbonyl (C=O) groups excluding carboxylic acids is 1. The Hall–Kier alpha value is -1.15. The van der Waals surface area contributed by atoms with Crippen LogP contribution in [0.3, 0.4) is 0 Å². The van der Waals surface area contributed by atoms with E-state index in [9.17, 15) is 13.2 Å². The van der Waals surface area contributed by atoms with Gasteiger partial charge in [-0.05, 0) is 48.3 Å². The first-order chi connectivity index (χ1) is 9.96. The van der Waals surface area contributed by atoms with Crippen LogP contribution < -0.4 is 0 Å². The predicted octanol–water partition coefficient (Wildman–Crippen LogP) is 2.63. The van der Waals surface area contributed by atoms with Gasteiger partial charge in [-0.25, -0.2) is 13.2 Å². The highest BCUT2D eigenvalue weighted by Gasteiger charge is 2.23. The Balaban J connectivity index is 2.88. The van der Waals surface area contributed by atoms with Crippen molar-refractivity contribution in [2.24, 2.45) is 0 Å². The monoisotopic (exact) mass is 392 g/mol. The number of aromatic nitrogens is 1. The molecule has 0 aromatic carbocycles. The topological polar surface area (TPSA) is 76.6 Å². The van der Waals surface area contributed by atoms with Crippen molar-refractivity contribution in [3.63, 3.8) is 0 Å². The summed E-state index contributed by atoms with van der Waals surface area (Å²) < 4.78 is 28.8. The van der Waals surface area contributed by atoms with Gasteiger partial charge in [0, 0.05) is 29.7 Å². The molecule has 22 heavy (non-hydrogen) atoms. The van der Waals surface area contributed by atoms with E-state index in [1.54, 1.807) is 33.2 Å². The van der Waals surface area contributed by atoms with Gasteiger partial charge in [-0.1, -0.05) is 0 Å². The molecule has 0 aliphatic heterocycles. The highest BCUT2D eigenvalue weighted by atomic mass is 79.9. The lowest BCUT2D eigenvalue weighted by molar-refractivity contribution is 0.0246. The maximum Gasteiger partial charge on any atom is 0.410 e. The Morgan fingerprint density at radius 3 is 2.50 bits per heavy atom. The Kier molecular flexibility index (Phi) is 6.37. The number of carbonyl (C=O) groups is 1. The van der Waals surface area contributed by atoms with Crippen LogP contribution in [0.15, 0.2) is 22.9 Å². The van der Waals surface area contributed by atoms with Crippen LogP contribution in [-0.2, 0) is 21.1 Å². The number of ether oxygens (including phenoxy) is 1. The number of amides is 1. The molecule has 0 unspecified atom stereocenters. The molecule has 0 aliphatic carbocycles. The predicted molar refractivity (Wildman–Crippen MR) is 88.3 cm³/mol.